The van der Waals surface area contributed by atoms with Crippen molar-refractivity contribution in [2.75, 3.05) is 19.6 Å². The number of benzene rings is 1. The highest BCUT2D eigenvalue weighted by Crippen LogP contribution is 2.23. The number of rotatable bonds is 6. The summed E-state index contributed by atoms with van der Waals surface area (Å²) < 4.78 is 25.8. The predicted octanol–water partition coefficient (Wildman–Crippen LogP) is 1.21. The van der Waals surface area contributed by atoms with Crippen molar-refractivity contribution in [3.05, 3.63) is 29.8 Å². The predicted molar refractivity (Wildman–Crippen MR) is 107 cm³/mol. The first-order chi connectivity index (χ1) is 13.0. The third kappa shape index (κ3) is 5.93. The molecule has 1 aromatic rings. The quantitative estimate of drug-likeness (QED) is 0.651. The lowest BCUT2D eigenvalue weighted by Gasteiger charge is -2.31. The summed E-state index contributed by atoms with van der Waals surface area (Å²) in [7, 11) is -3.50. The second-order valence-electron chi connectivity index (χ2n) is 8.13. The monoisotopic (exact) mass is 410 g/mol. The lowest BCUT2D eigenvalue weighted by molar-refractivity contribution is -0.128. The van der Waals surface area contributed by atoms with Gasteiger partial charge in [-0.15, -0.1) is 0 Å². The summed E-state index contributed by atoms with van der Waals surface area (Å²) >= 11 is 0. The summed E-state index contributed by atoms with van der Waals surface area (Å²) in [4.78, 5) is 23.2. The fourth-order valence-electron chi connectivity index (χ4n) is 3.07. The van der Waals surface area contributed by atoms with Gasteiger partial charge in [-0.25, -0.2) is 18.2 Å². The summed E-state index contributed by atoms with van der Waals surface area (Å²) in [6.07, 6.45) is 1.83. The van der Waals surface area contributed by atoms with E-state index in [1.165, 1.54) is 0 Å². The van der Waals surface area contributed by atoms with E-state index < -0.39 is 26.5 Å². The number of primary amides is 1. The van der Waals surface area contributed by atoms with Crippen molar-refractivity contribution in [1.29, 1.82) is 0 Å². The van der Waals surface area contributed by atoms with Crippen molar-refractivity contribution >= 4 is 21.8 Å². The minimum Gasteiger partial charge on any atom is -0.355 e. The van der Waals surface area contributed by atoms with Gasteiger partial charge in [-0.3, -0.25) is 10.2 Å². The smallest absolute Gasteiger partial charge is 0.326 e. The molecular formula is C19H30N4O4S. The molecule has 28 heavy (non-hydrogen) atoms. The van der Waals surface area contributed by atoms with Crippen LogP contribution < -0.4 is 16.5 Å². The van der Waals surface area contributed by atoms with E-state index in [1.807, 2.05) is 20.8 Å². The highest BCUT2D eigenvalue weighted by atomic mass is 32.2. The Labute approximate surface area is 166 Å². The summed E-state index contributed by atoms with van der Waals surface area (Å²) in [5.74, 6) is -0.0156. The Kier molecular flexibility index (Phi) is 7.06. The molecule has 3 amide bonds. The molecule has 0 spiro atoms. The number of urea groups is 1. The van der Waals surface area contributed by atoms with Crippen LogP contribution in [0.2, 0.25) is 0 Å². The Hall–Kier alpha value is -2.13. The van der Waals surface area contributed by atoms with Gasteiger partial charge >= 0.3 is 6.03 Å². The molecule has 156 valence electrons. The molecule has 1 saturated heterocycles. The van der Waals surface area contributed by atoms with Crippen LogP contribution in [0.1, 0.15) is 39.2 Å². The number of hydrogen-bond acceptors (Lipinski definition) is 5. The number of nitrogens with two attached hydrogens (primary N) is 1. The average molecular weight is 411 g/mol. The van der Waals surface area contributed by atoms with Crippen molar-refractivity contribution in [2.24, 2.45) is 11.1 Å². The molecule has 4 N–H and O–H groups in total. The van der Waals surface area contributed by atoms with Crippen molar-refractivity contribution in [3.63, 3.8) is 0 Å². The first kappa shape index (κ1) is 22.2. The van der Waals surface area contributed by atoms with Gasteiger partial charge < -0.3 is 11.1 Å². The Morgan fingerprint density at radius 2 is 1.86 bits per heavy atom. The molecule has 0 radical (unpaired) electrons. The number of carbonyl (C=O) groups excluding carboxylic acids is 2. The summed E-state index contributed by atoms with van der Waals surface area (Å²) in [6.45, 7) is 6.85. The second-order valence-corrected chi connectivity index (χ2v) is 10.4. The molecule has 1 atom stereocenters. The number of nitrogens with one attached hydrogen (secondary N) is 2. The van der Waals surface area contributed by atoms with Crippen molar-refractivity contribution in [3.8, 4) is 0 Å². The number of nitrogens with zero attached hydrogens (tertiary/aromatic N) is 1. The van der Waals surface area contributed by atoms with Crippen molar-refractivity contribution in [2.45, 2.75) is 50.2 Å². The number of hydrazine groups is 1. The third-order valence-corrected chi connectivity index (χ3v) is 6.91. The van der Waals surface area contributed by atoms with E-state index >= 15 is 0 Å². The maximum absolute atomic E-state index is 12.9. The highest BCUT2D eigenvalue weighted by molar-refractivity contribution is 7.92. The number of hydrogen-bond donors (Lipinski definition) is 3. The number of piperidine rings is 1. The van der Waals surface area contributed by atoms with Crippen LogP contribution in [0.25, 0.3) is 0 Å². The minimum atomic E-state index is -3.50. The van der Waals surface area contributed by atoms with E-state index in [0.717, 1.165) is 5.56 Å². The standard InChI is InChI=1S/C19H30N4O4S/c1-19(2,3)17(24)21-11-10-14-6-8-15(9-7-14)28(26,27)16-5-4-12-23(13-16)22-18(20)25/h6-9,16H,4-5,10-13H2,1-3H3,(H,21,24)(H3,20,22,25). The zero-order chi connectivity index (χ0) is 20.9. The van der Waals surface area contributed by atoms with Crippen LogP contribution in [-0.4, -0.2) is 50.2 Å². The van der Waals surface area contributed by atoms with Crippen molar-refractivity contribution in [1.82, 2.24) is 15.8 Å². The van der Waals surface area contributed by atoms with Crippen molar-refractivity contribution < 1.29 is 18.0 Å². The average Bonchev–Trinajstić information content (AvgIpc) is 2.61. The molecule has 0 aromatic heterocycles. The van der Waals surface area contributed by atoms with Crippen LogP contribution in [0.15, 0.2) is 29.2 Å². The van der Waals surface area contributed by atoms with Crippen LogP contribution in [-0.2, 0) is 21.1 Å². The first-order valence-electron chi connectivity index (χ1n) is 9.42. The van der Waals surface area contributed by atoms with Crippen LogP contribution in [0.3, 0.4) is 0 Å². The van der Waals surface area contributed by atoms with E-state index in [9.17, 15) is 18.0 Å². The normalized spacial score (nSPS) is 18.5. The molecule has 1 aliphatic heterocycles. The Morgan fingerprint density at radius 3 is 2.43 bits per heavy atom. The minimum absolute atomic E-state index is 0.0156. The molecule has 1 fully saturated rings. The summed E-state index contributed by atoms with van der Waals surface area (Å²) in [5, 5.41) is 3.84. The molecule has 9 heteroatoms. The Balaban J connectivity index is 1.97. The van der Waals surface area contributed by atoms with Crippen LogP contribution >= 0.6 is 0 Å². The number of sulfone groups is 1. The van der Waals surface area contributed by atoms with Crippen LogP contribution in [0.5, 0.6) is 0 Å². The number of amides is 3. The zero-order valence-corrected chi connectivity index (χ0v) is 17.5. The maximum atomic E-state index is 12.9. The topological polar surface area (TPSA) is 122 Å². The Morgan fingerprint density at radius 1 is 1.21 bits per heavy atom. The van der Waals surface area contributed by atoms with Crippen LogP contribution in [0.4, 0.5) is 4.79 Å². The molecule has 8 nitrogen and oxygen atoms in total. The lowest BCUT2D eigenvalue weighted by Crippen LogP contribution is -2.52. The van der Waals surface area contributed by atoms with E-state index in [-0.39, 0.29) is 17.3 Å². The molecule has 1 aromatic carbocycles. The molecule has 0 bridgehead atoms. The van der Waals surface area contributed by atoms with E-state index in [1.54, 1.807) is 29.3 Å². The Bertz CT molecular complexity index is 800. The molecule has 2 rings (SSSR count). The van der Waals surface area contributed by atoms with Crippen LogP contribution in [0, 0.1) is 5.41 Å². The fraction of sp³-hybridized carbons (Fsp3) is 0.579. The van der Waals surface area contributed by atoms with Gasteiger partial charge in [0.25, 0.3) is 0 Å². The lowest BCUT2D eigenvalue weighted by atomic mass is 9.95. The molecular weight excluding hydrogens is 380 g/mol. The van der Waals surface area contributed by atoms with E-state index in [2.05, 4.69) is 10.7 Å². The molecule has 0 aliphatic carbocycles. The third-order valence-electron chi connectivity index (χ3n) is 4.72. The largest absolute Gasteiger partial charge is 0.355 e. The molecule has 0 saturated carbocycles. The van der Waals surface area contributed by atoms with E-state index in [0.29, 0.717) is 32.4 Å². The van der Waals surface area contributed by atoms with Gasteiger partial charge in [-0.1, -0.05) is 32.9 Å². The maximum Gasteiger partial charge on any atom is 0.326 e. The van der Waals surface area contributed by atoms with E-state index in [4.69, 9.17) is 5.73 Å². The van der Waals surface area contributed by atoms with Gasteiger partial charge in [0.05, 0.1) is 10.1 Å². The first-order valence-corrected chi connectivity index (χ1v) is 11.0. The fourth-order valence-corrected chi connectivity index (χ4v) is 4.83. The summed E-state index contributed by atoms with van der Waals surface area (Å²) in [6, 6.07) is 6.07. The summed E-state index contributed by atoms with van der Waals surface area (Å²) in [5.41, 5.74) is 8.10. The van der Waals surface area contributed by atoms with Gasteiger partial charge in [0.15, 0.2) is 9.84 Å². The van der Waals surface area contributed by atoms with Gasteiger partial charge in [0.1, 0.15) is 0 Å². The van der Waals surface area contributed by atoms with Gasteiger partial charge in [0.2, 0.25) is 5.91 Å². The molecule has 1 aliphatic rings. The number of carbonyl (C=O) groups is 2. The highest BCUT2D eigenvalue weighted by Gasteiger charge is 2.32. The second kappa shape index (κ2) is 8.91. The molecule has 1 heterocycles. The van der Waals surface area contributed by atoms with Gasteiger partial charge in [-0.05, 0) is 37.0 Å². The zero-order valence-electron chi connectivity index (χ0n) is 16.7. The molecule has 1 unspecified atom stereocenters. The van der Waals surface area contributed by atoms with Gasteiger partial charge in [-0.2, -0.15) is 0 Å². The van der Waals surface area contributed by atoms with Gasteiger partial charge in [0, 0.05) is 25.0 Å². The SMILES string of the molecule is CC(C)(C)C(=O)NCCc1ccc(S(=O)(=O)C2CCCN(NC(N)=O)C2)cc1.